The van der Waals surface area contributed by atoms with Crippen LogP contribution in [-0.2, 0) is 10.1 Å². The zero-order valence-corrected chi connectivity index (χ0v) is 27.0. The molecule has 0 atom stereocenters. The Morgan fingerprint density at radius 3 is 0.561 bits per heavy atom. The van der Waals surface area contributed by atoms with Crippen molar-refractivity contribution >= 4 is 63.9 Å². The van der Waals surface area contributed by atoms with E-state index in [1.165, 1.54) is 31.8 Å². The fraction of sp³-hybridized carbons (Fsp3) is 0. The van der Waals surface area contributed by atoms with Gasteiger partial charge in [-0.15, -0.1) is 0 Å². The fourth-order valence-electron chi connectivity index (χ4n) is 5.95. The average molecular weight is 653 g/mol. The second-order valence-corrected chi connectivity index (χ2v) is 35.5. The predicted octanol–water partition coefficient (Wildman–Crippen LogP) is 7.73. The van der Waals surface area contributed by atoms with E-state index in [9.17, 15) is 0 Å². The number of hydrogen-bond acceptors (Lipinski definition) is 0. The number of halogens is 2. The SMILES string of the molecule is [Cl][Fe]([Cl])([PH](c1ccccc1)(c1ccccc1)c1ccccc1)[PH](c1ccccc1)(c1ccccc1)c1ccccc1. The number of rotatable bonds is 8. The van der Waals surface area contributed by atoms with Crippen LogP contribution in [0.25, 0.3) is 0 Å². The molecule has 6 aromatic carbocycles. The summed E-state index contributed by atoms with van der Waals surface area (Å²) >= 11 is 0. The molecule has 0 nitrogen and oxygen atoms in total. The van der Waals surface area contributed by atoms with E-state index >= 15 is 0 Å². The molecule has 0 radical (unpaired) electrons. The Balaban J connectivity index is 1.86. The van der Waals surface area contributed by atoms with E-state index < -0.39 is 22.0 Å². The second kappa shape index (κ2) is 12.3. The molecule has 0 N–H and O–H groups in total. The van der Waals surface area contributed by atoms with E-state index in [1.54, 1.807) is 0 Å². The Kier molecular flexibility index (Phi) is 8.49. The van der Waals surface area contributed by atoms with Crippen molar-refractivity contribution in [2.24, 2.45) is 0 Å². The van der Waals surface area contributed by atoms with Gasteiger partial charge in [0.05, 0.1) is 0 Å². The first-order valence-electron chi connectivity index (χ1n) is 13.6. The summed E-state index contributed by atoms with van der Waals surface area (Å²) in [5.74, 6) is -6.24. The minimum atomic E-state index is -3.26. The van der Waals surface area contributed by atoms with Gasteiger partial charge in [-0.3, -0.25) is 0 Å². The third-order valence-electron chi connectivity index (χ3n) is 7.65. The van der Waals surface area contributed by atoms with Crippen molar-refractivity contribution in [2.75, 3.05) is 0 Å². The van der Waals surface area contributed by atoms with E-state index in [0.29, 0.717) is 0 Å². The zero-order valence-electron chi connectivity index (χ0n) is 22.4. The van der Waals surface area contributed by atoms with Crippen LogP contribution in [0.5, 0.6) is 0 Å². The minimum absolute atomic E-state index is 1.24. The molecule has 0 aliphatic heterocycles. The van der Waals surface area contributed by atoms with Crippen LogP contribution >= 0.6 is 32.1 Å². The van der Waals surface area contributed by atoms with Crippen LogP contribution in [0.1, 0.15) is 0 Å². The molecular weight excluding hydrogens is 621 g/mol. The Hall–Kier alpha value is -2.72. The molecule has 0 bridgehead atoms. The van der Waals surface area contributed by atoms with Gasteiger partial charge in [-0.1, -0.05) is 0 Å². The van der Waals surface area contributed by atoms with Crippen molar-refractivity contribution in [3.63, 3.8) is 0 Å². The summed E-state index contributed by atoms with van der Waals surface area (Å²) in [6.45, 7) is 0. The molecule has 6 aromatic rings. The monoisotopic (exact) mass is 652 g/mol. The van der Waals surface area contributed by atoms with E-state index in [2.05, 4.69) is 182 Å². The van der Waals surface area contributed by atoms with Gasteiger partial charge in [0.25, 0.3) is 0 Å². The Morgan fingerprint density at radius 1 is 0.268 bits per heavy atom. The summed E-state index contributed by atoms with van der Waals surface area (Å²) in [5, 5.41) is 7.43. The first-order chi connectivity index (χ1) is 20.1. The summed E-state index contributed by atoms with van der Waals surface area (Å²) in [5.41, 5.74) is 0. The van der Waals surface area contributed by atoms with Crippen LogP contribution in [0.2, 0.25) is 0 Å². The molecule has 0 heterocycles. The van der Waals surface area contributed by atoms with Gasteiger partial charge in [0.15, 0.2) is 0 Å². The second-order valence-electron chi connectivity index (χ2n) is 9.88. The predicted molar refractivity (Wildman–Crippen MR) is 185 cm³/mol. The van der Waals surface area contributed by atoms with Crippen molar-refractivity contribution in [1.29, 1.82) is 0 Å². The van der Waals surface area contributed by atoms with Crippen molar-refractivity contribution in [1.82, 2.24) is 0 Å². The molecule has 0 aliphatic rings. The Bertz CT molecular complexity index is 1360. The summed E-state index contributed by atoms with van der Waals surface area (Å²) in [4.78, 5) is 0. The van der Waals surface area contributed by atoms with Crippen LogP contribution in [0, 0.1) is 0 Å². The van der Waals surface area contributed by atoms with Crippen LogP contribution in [-0.4, -0.2) is 0 Å². The van der Waals surface area contributed by atoms with E-state index in [-0.39, 0.29) is 0 Å². The van der Waals surface area contributed by atoms with E-state index in [1.807, 2.05) is 0 Å². The van der Waals surface area contributed by atoms with Gasteiger partial charge in [-0.2, -0.15) is 0 Å². The molecule has 0 saturated carbocycles. The van der Waals surface area contributed by atoms with E-state index in [0.717, 1.165) is 0 Å². The van der Waals surface area contributed by atoms with Gasteiger partial charge >= 0.3 is 256 Å². The van der Waals surface area contributed by atoms with Gasteiger partial charge in [0.2, 0.25) is 0 Å². The topological polar surface area (TPSA) is 0 Å². The third kappa shape index (κ3) is 4.71. The molecule has 208 valence electrons. The quantitative estimate of drug-likeness (QED) is 0.117. The van der Waals surface area contributed by atoms with Gasteiger partial charge in [-0.25, -0.2) is 0 Å². The fourth-order valence-corrected chi connectivity index (χ4v) is 50.1. The maximum atomic E-state index is 8.60. The molecule has 0 aromatic heterocycles. The number of hydrogen-bond donors (Lipinski definition) is 0. The normalized spacial score (nSPS) is 13.3. The summed E-state index contributed by atoms with van der Waals surface area (Å²) < 4.78 is 0. The maximum absolute atomic E-state index is 8.60. The zero-order chi connectivity index (χ0) is 28.2. The standard InChI is InChI=1S/2C18H15P.2ClH.Fe/c2*1-4-10-16(11-5-1)19(17-12-6-2-7-13-17)18-14-8-3-9-15-18;;;/h2*1-15H;2*1H;. The van der Waals surface area contributed by atoms with Gasteiger partial charge < -0.3 is 0 Å². The first-order valence-corrected chi connectivity index (χ1v) is 23.6. The molecule has 0 saturated heterocycles. The Labute approximate surface area is 254 Å². The van der Waals surface area contributed by atoms with Crippen LogP contribution in [0.3, 0.4) is 0 Å². The molecular formula is C36H32Cl2FeP2. The van der Waals surface area contributed by atoms with Crippen LogP contribution < -0.4 is 31.8 Å². The summed E-state index contributed by atoms with van der Waals surface area (Å²) in [7, 11) is 13.9. The average Bonchev–Trinajstić information content (AvgIpc) is 3.05. The summed E-state index contributed by atoms with van der Waals surface area (Å²) in [6.07, 6.45) is 0. The van der Waals surface area contributed by atoms with E-state index in [4.69, 9.17) is 20.2 Å². The molecule has 0 aliphatic carbocycles. The molecule has 0 amide bonds. The molecule has 0 fully saturated rings. The molecule has 6 rings (SSSR count). The third-order valence-corrected chi connectivity index (χ3v) is 44.1. The van der Waals surface area contributed by atoms with Gasteiger partial charge in [0.1, 0.15) is 0 Å². The summed E-state index contributed by atoms with van der Waals surface area (Å²) in [6, 6.07) is 65.2. The molecule has 0 unspecified atom stereocenters. The Morgan fingerprint density at radius 2 is 0.415 bits per heavy atom. The number of benzene rings is 6. The van der Waals surface area contributed by atoms with Crippen molar-refractivity contribution < 1.29 is 10.1 Å². The van der Waals surface area contributed by atoms with Crippen molar-refractivity contribution in [3.8, 4) is 0 Å². The van der Waals surface area contributed by atoms with Crippen LogP contribution in [0.15, 0.2) is 182 Å². The van der Waals surface area contributed by atoms with Crippen LogP contribution in [0.4, 0.5) is 0 Å². The van der Waals surface area contributed by atoms with Crippen molar-refractivity contribution in [3.05, 3.63) is 182 Å². The van der Waals surface area contributed by atoms with Gasteiger partial charge in [0, 0.05) is 0 Å². The first kappa shape index (κ1) is 28.4. The molecule has 5 heteroatoms. The van der Waals surface area contributed by atoms with Crippen molar-refractivity contribution in [2.45, 2.75) is 0 Å². The molecule has 0 spiro atoms. The van der Waals surface area contributed by atoms with Gasteiger partial charge in [-0.05, 0) is 0 Å². The molecule has 41 heavy (non-hydrogen) atoms.